The van der Waals surface area contributed by atoms with Crippen molar-refractivity contribution >= 4 is 38.9 Å². The Hall–Kier alpha value is -0.990. The second-order valence-electron chi connectivity index (χ2n) is 3.51. The van der Waals surface area contributed by atoms with Gasteiger partial charge in [0.15, 0.2) is 4.47 Å². The number of aromatic nitrogens is 1. The third-order valence-corrected chi connectivity index (χ3v) is 3.74. The summed E-state index contributed by atoms with van der Waals surface area (Å²) in [7, 11) is 0. The molecule has 1 aromatic heterocycles. The van der Waals surface area contributed by atoms with Crippen LogP contribution in [0.25, 0.3) is 0 Å². The molecule has 1 heterocycles. The van der Waals surface area contributed by atoms with Crippen LogP contribution >= 0.6 is 38.9 Å². The van der Waals surface area contributed by atoms with E-state index in [9.17, 15) is 13.2 Å². The van der Waals surface area contributed by atoms with Crippen molar-refractivity contribution in [1.82, 2.24) is 4.98 Å². The van der Waals surface area contributed by atoms with Gasteiger partial charge in [-0.1, -0.05) is 11.6 Å². The zero-order chi connectivity index (χ0) is 14.8. The van der Waals surface area contributed by atoms with Crippen molar-refractivity contribution in [3.05, 3.63) is 38.2 Å². The Balaban J connectivity index is 2.01. The lowest BCUT2D eigenvalue weighted by Crippen LogP contribution is -2.17. The van der Waals surface area contributed by atoms with Crippen molar-refractivity contribution in [2.24, 2.45) is 0 Å². The Kier molecular flexibility index (Phi) is 4.77. The zero-order valence-electron chi connectivity index (χ0n) is 9.58. The number of thiazole rings is 1. The third kappa shape index (κ3) is 4.53. The molecule has 9 heteroatoms. The molecule has 0 atom stereocenters. The van der Waals surface area contributed by atoms with Gasteiger partial charge < -0.3 is 9.47 Å². The van der Waals surface area contributed by atoms with Crippen molar-refractivity contribution in [2.45, 2.75) is 13.0 Å². The average Bonchev–Trinajstić information content (AvgIpc) is 2.74. The Morgan fingerprint density at radius 2 is 2.10 bits per heavy atom. The minimum absolute atomic E-state index is 0.148. The third-order valence-electron chi connectivity index (χ3n) is 2.04. The number of halogens is 5. The molecule has 20 heavy (non-hydrogen) atoms. The summed E-state index contributed by atoms with van der Waals surface area (Å²) < 4.78 is 46.1. The van der Waals surface area contributed by atoms with Gasteiger partial charge in [-0.3, -0.25) is 0 Å². The largest absolute Gasteiger partial charge is 0.573 e. The number of ether oxygens (including phenoxy) is 2. The fourth-order valence-corrected chi connectivity index (χ4v) is 2.61. The monoisotopic (exact) mass is 387 g/mol. The second-order valence-corrected chi connectivity index (χ2v) is 6.06. The summed E-state index contributed by atoms with van der Waals surface area (Å²) >= 11 is 9.93. The molecule has 0 saturated carbocycles. The van der Waals surface area contributed by atoms with Crippen molar-refractivity contribution in [2.75, 3.05) is 0 Å². The molecule has 2 aromatic rings. The fourth-order valence-electron chi connectivity index (χ4n) is 1.28. The fraction of sp³-hybridized carbons (Fsp3) is 0.182. The molecule has 0 spiro atoms. The molecule has 0 amide bonds. The topological polar surface area (TPSA) is 31.4 Å². The van der Waals surface area contributed by atoms with Crippen LogP contribution < -0.4 is 9.47 Å². The number of benzene rings is 1. The molecule has 3 nitrogen and oxygen atoms in total. The van der Waals surface area contributed by atoms with Crippen molar-refractivity contribution in [3.63, 3.8) is 0 Å². The van der Waals surface area contributed by atoms with Crippen LogP contribution in [0.1, 0.15) is 4.88 Å². The SMILES string of the molecule is FC(F)(F)Oc1ccc(OCc2cnc(Cl)s2)cc1Br. The van der Waals surface area contributed by atoms with E-state index in [-0.39, 0.29) is 16.8 Å². The van der Waals surface area contributed by atoms with Gasteiger partial charge in [0.1, 0.15) is 18.1 Å². The van der Waals surface area contributed by atoms with Crippen LogP contribution in [0.15, 0.2) is 28.9 Å². The maximum atomic E-state index is 12.1. The summed E-state index contributed by atoms with van der Waals surface area (Å²) in [6.07, 6.45) is -3.16. The lowest BCUT2D eigenvalue weighted by atomic mass is 10.3. The summed E-state index contributed by atoms with van der Waals surface area (Å²) in [6, 6.07) is 3.95. The molecule has 1 aromatic carbocycles. The van der Waals surface area contributed by atoms with Crippen molar-refractivity contribution in [1.29, 1.82) is 0 Å². The van der Waals surface area contributed by atoms with Crippen LogP contribution in [0.3, 0.4) is 0 Å². The summed E-state index contributed by atoms with van der Waals surface area (Å²) in [4.78, 5) is 4.66. The van der Waals surface area contributed by atoms with Gasteiger partial charge in [-0.2, -0.15) is 0 Å². The molecule has 0 aliphatic rings. The van der Waals surface area contributed by atoms with E-state index in [1.165, 1.54) is 29.5 Å². The highest BCUT2D eigenvalue weighted by Crippen LogP contribution is 2.33. The number of rotatable bonds is 4. The highest BCUT2D eigenvalue weighted by Gasteiger charge is 2.31. The van der Waals surface area contributed by atoms with Gasteiger partial charge in [-0.15, -0.1) is 24.5 Å². The van der Waals surface area contributed by atoms with Gasteiger partial charge in [0.25, 0.3) is 0 Å². The molecule has 0 saturated heterocycles. The standard InChI is InChI=1S/C11H6BrClF3NO2S/c12-8-3-6(1-2-9(8)19-11(14,15)16)18-5-7-4-17-10(13)20-7/h1-4H,5H2. The predicted molar refractivity (Wildman–Crippen MR) is 72.3 cm³/mol. The summed E-state index contributed by atoms with van der Waals surface area (Å²) in [6.45, 7) is 0.232. The van der Waals surface area contributed by atoms with Crippen LogP contribution in [0, 0.1) is 0 Å². The van der Waals surface area contributed by atoms with Crippen molar-refractivity contribution in [3.8, 4) is 11.5 Å². The van der Waals surface area contributed by atoms with E-state index in [1.54, 1.807) is 6.20 Å². The van der Waals surface area contributed by atoms with E-state index in [2.05, 4.69) is 25.7 Å². The molecule has 0 fully saturated rings. The van der Waals surface area contributed by atoms with Crippen LogP contribution in [0.4, 0.5) is 13.2 Å². The normalized spacial score (nSPS) is 11.4. The van der Waals surface area contributed by atoms with E-state index in [1.807, 2.05) is 0 Å². The number of hydrogen-bond donors (Lipinski definition) is 0. The minimum atomic E-state index is -4.73. The lowest BCUT2D eigenvalue weighted by molar-refractivity contribution is -0.274. The Bertz CT molecular complexity index is 606. The number of alkyl halides is 3. The molecule has 0 radical (unpaired) electrons. The second kappa shape index (κ2) is 6.19. The summed E-state index contributed by atoms with van der Waals surface area (Å²) in [5.74, 6) is 0.0709. The van der Waals surface area contributed by atoms with Gasteiger partial charge in [0, 0.05) is 6.20 Å². The van der Waals surface area contributed by atoms with E-state index >= 15 is 0 Å². The minimum Gasteiger partial charge on any atom is -0.488 e. The van der Waals surface area contributed by atoms with Crippen molar-refractivity contribution < 1.29 is 22.6 Å². The first-order valence-electron chi connectivity index (χ1n) is 5.12. The highest BCUT2D eigenvalue weighted by atomic mass is 79.9. The van der Waals surface area contributed by atoms with Crippen LogP contribution in [0.5, 0.6) is 11.5 Å². The average molecular weight is 389 g/mol. The first-order valence-corrected chi connectivity index (χ1v) is 7.10. The Labute approximate surface area is 129 Å². The smallest absolute Gasteiger partial charge is 0.488 e. The quantitative estimate of drug-likeness (QED) is 0.735. The van der Waals surface area contributed by atoms with Gasteiger partial charge in [0.05, 0.1) is 9.35 Å². The molecule has 0 aliphatic carbocycles. The van der Waals surface area contributed by atoms with Gasteiger partial charge in [0.2, 0.25) is 0 Å². The molecular formula is C11H6BrClF3NO2S. The van der Waals surface area contributed by atoms with Gasteiger partial charge in [-0.05, 0) is 34.1 Å². The Morgan fingerprint density at radius 1 is 1.35 bits per heavy atom. The lowest BCUT2D eigenvalue weighted by Gasteiger charge is -2.11. The van der Waals surface area contributed by atoms with Gasteiger partial charge >= 0.3 is 6.36 Å². The molecular weight excluding hydrogens is 383 g/mol. The summed E-state index contributed by atoms with van der Waals surface area (Å²) in [5.41, 5.74) is 0. The molecule has 0 N–H and O–H groups in total. The van der Waals surface area contributed by atoms with Crippen LogP contribution in [0.2, 0.25) is 4.47 Å². The first-order chi connectivity index (χ1) is 9.33. The molecule has 2 rings (SSSR count). The number of hydrogen-bond acceptors (Lipinski definition) is 4. The molecule has 108 valence electrons. The molecule has 0 bridgehead atoms. The van der Waals surface area contributed by atoms with Gasteiger partial charge in [-0.25, -0.2) is 4.98 Å². The zero-order valence-corrected chi connectivity index (χ0v) is 12.7. The van der Waals surface area contributed by atoms with E-state index < -0.39 is 6.36 Å². The van der Waals surface area contributed by atoms with E-state index in [4.69, 9.17) is 16.3 Å². The highest BCUT2D eigenvalue weighted by molar-refractivity contribution is 9.10. The molecule has 0 unspecified atom stereocenters. The summed E-state index contributed by atoms with van der Waals surface area (Å²) in [5, 5.41) is 0. The maximum Gasteiger partial charge on any atom is 0.573 e. The maximum absolute atomic E-state index is 12.1. The molecule has 0 aliphatic heterocycles. The van der Waals surface area contributed by atoms with E-state index in [0.29, 0.717) is 10.2 Å². The van der Waals surface area contributed by atoms with Crippen LogP contribution in [-0.2, 0) is 6.61 Å². The first kappa shape index (κ1) is 15.4. The Morgan fingerprint density at radius 3 is 2.65 bits per heavy atom. The predicted octanol–water partition coefficient (Wildman–Crippen LogP) is 5.04. The van der Waals surface area contributed by atoms with E-state index in [0.717, 1.165) is 4.88 Å². The van der Waals surface area contributed by atoms with Crippen LogP contribution in [-0.4, -0.2) is 11.3 Å². The number of nitrogens with zero attached hydrogens (tertiary/aromatic N) is 1.